The minimum absolute atomic E-state index is 0.300. The Morgan fingerprint density at radius 1 is 1.69 bits per heavy atom. The van der Waals surface area contributed by atoms with Crippen LogP contribution in [-0.4, -0.2) is 24.2 Å². The maximum atomic E-state index is 11.5. The highest BCUT2D eigenvalue weighted by Gasteiger charge is 2.12. The van der Waals surface area contributed by atoms with Gasteiger partial charge < -0.3 is 9.30 Å². The molecule has 5 heteroatoms. The minimum Gasteiger partial charge on any atom is -0.384 e. The number of hydrogen-bond donors (Lipinski definition) is 2. The Hall–Kier alpha value is -1.59. The van der Waals surface area contributed by atoms with E-state index in [4.69, 9.17) is 10.6 Å². The molecular weight excluding hydrogens is 206 g/mol. The normalized spacial score (nSPS) is 10.1. The third-order valence-corrected chi connectivity index (χ3v) is 2.31. The van der Waals surface area contributed by atoms with Gasteiger partial charge in [0.2, 0.25) is 0 Å². The van der Waals surface area contributed by atoms with Gasteiger partial charge in [0.05, 0.1) is 6.61 Å². The van der Waals surface area contributed by atoms with E-state index in [9.17, 15) is 4.79 Å². The van der Waals surface area contributed by atoms with Gasteiger partial charge in [0, 0.05) is 25.8 Å². The summed E-state index contributed by atoms with van der Waals surface area (Å²) in [6.45, 7) is 4.86. The second-order valence-corrected chi connectivity index (χ2v) is 3.33. The average molecular weight is 223 g/mol. The zero-order chi connectivity index (χ0) is 12.0. The molecule has 5 nitrogen and oxygen atoms in total. The van der Waals surface area contributed by atoms with E-state index >= 15 is 0 Å². The van der Waals surface area contributed by atoms with Crippen LogP contribution in [0.2, 0.25) is 0 Å². The summed E-state index contributed by atoms with van der Waals surface area (Å²) >= 11 is 0. The number of rotatable bonds is 6. The lowest BCUT2D eigenvalue weighted by Gasteiger charge is -2.10. The molecule has 0 saturated carbocycles. The van der Waals surface area contributed by atoms with Gasteiger partial charge in [-0.1, -0.05) is 6.08 Å². The Bertz CT molecular complexity index is 371. The molecule has 1 rings (SSSR count). The quantitative estimate of drug-likeness (QED) is 0.319. The van der Waals surface area contributed by atoms with Gasteiger partial charge >= 0.3 is 0 Å². The Morgan fingerprint density at radius 2 is 2.44 bits per heavy atom. The number of methoxy groups -OCH3 is 1. The molecule has 88 valence electrons. The first-order valence-corrected chi connectivity index (χ1v) is 5.03. The first-order chi connectivity index (χ1) is 7.74. The van der Waals surface area contributed by atoms with Crippen LogP contribution in [-0.2, 0) is 17.7 Å². The van der Waals surface area contributed by atoms with Gasteiger partial charge in [-0.05, 0) is 12.1 Å². The first kappa shape index (κ1) is 12.5. The molecule has 0 bridgehead atoms. The zero-order valence-corrected chi connectivity index (χ0v) is 9.40. The van der Waals surface area contributed by atoms with Crippen molar-refractivity contribution in [1.29, 1.82) is 0 Å². The minimum atomic E-state index is -0.300. The monoisotopic (exact) mass is 223 g/mol. The lowest BCUT2D eigenvalue weighted by molar-refractivity contribution is 0.0944. The predicted molar refractivity (Wildman–Crippen MR) is 61.9 cm³/mol. The Balaban J connectivity index is 2.96. The van der Waals surface area contributed by atoms with E-state index in [0.29, 0.717) is 18.8 Å². The summed E-state index contributed by atoms with van der Waals surface area (Å²) in [5.41, 5.74) is 3.69. The molecule has 1 heterocycles. The number of allylic oxidation sites excluding steroid dienone is 1. The van der Waals surface area contributed by atoms with Gasteiger partial charge in [0.15, 0.2) is 0 Å². The fourth-order valence-corrected chi connectivity index (χ4v) is 1.55. The SMILES string of the molecule is C=CCn1c(CCOC)ccc1C(=O)NN. The molecule has 0 radical (unpaired) electrons. The van der Waals surface area contributed by atoms with E-state index in [1.54, 1.807) is 19.3 Å². The van der Waals surface area contributed by atoms with Crippen molar-refractivity contribution in [1.82, 2.24) is 9.99 Å². The average Bonchev–Trinajstić information content (AvgIpc) is 2.69. The molecule has 0 unspecified atom stereocenters. The summed E-state index contributed by atoms with van der Waals surface area (Å²) in [5.74, 6) is 4.81. The maximum absolute atomic E-state index is 11.5. The van der Waals surface area contributed by atoms with E-state index in [0.717, 1.165) is 12.1 Å². The summed E-state index contributed by atoms with van der Waals surface area (Å²) in [4.78, 5) is 11.5. The number of nitrogen functional groups attached to an aromatic ring is 1. The predicted octanol–water partition coefficient (Wildman–Crippen LogP) is 0.467. The van der Waals surface area contributed by atoms with Crippen LogP contribution >= 0.6 is 0 Å². The fourth-order valence-electron chi connectivity index (χ4n) is 1.55. The van der Waals surface area contributed by atoms with Crippen LogP contribution in [0.5, 0.6) is 0 Å². The molecule has 0 fully saturated rings. The van der Waals surface area contributed by atoms with Crippen molar-refractivity contribution in [3.63, 3.8) is 0 Å². The molecule has 0 atom stereocenters. The van der Waals surface area contributed by atoms with Gasteiger partial charge in [-0.3, -0.25) is 10.2 Å². The molecule has 1 amide bonds. The van der Waals surface area contributed by atoms with Crippen LogP contribution in [0.25, 0.3) is 0 Å². The fraction of sp³-hybridized carbons (Fsp3) is 0.364. The third kappa shape index (κ3) is 2.71. The molecule has 0 saturated heterocycles. The second kappa shape index (κ2) is 6.09. The molecule has 1 aromatic heterocycles. The molecule has 16 heavy (non-hydrogen) atoms. The summed E-state index contributed by atoms with van der Waals surface area (Å²) in [7, 11) is 1.65. The summed E-state index contributed by atoms with van der Waals surface area (Å²) in [6.07, 6.45) is 2.49. The van der Waals surface area contributed by atoms with Crippen LogP contribution in [0, 0.1) is 0 Å². The third-order valence-electron chi connectivity index (χ3n) is 2.31. The Kier molecular flexibility index (Phi) is 4.75. The molecular formula is C11H17N3O2. The number of hydrogen-bond acceptors (Lipinski definition) is 3. The van der Waals surface area contributed by atoms with Crippen molar-refractivity contribution in [2.45, 2.75) is 13.0 Å². The highest BCUT2D eigenvalue weighted by atomic mass is 16.5. The first-order valence-electron chi connectivity index (χ1n) is 5.03. The van der Waals surface area contributed by atoms with Crippen molar-refractivity contribution in [2.75, 3.05) is 13.7 Å². The smallest absolute Gasteiger partial charge is 0.281 e. The van der Waals surface area contributed by atoms with Crippen LogP contribution in [0.3, 0.4) is 0 Å². The summed E-state index contributed by atoms with van der Waals surface area (Å²) in [5, 5.41) is 0. The van der Waals surface area contributed by atoms with Gasteiger partial charge in [0.25, 0.3) is 5.91 Å². The molecule has 0 spiro atoms. The summed E-state index contributed by atoms with van der Waals surface area (Å²) in [6, 6.07) is 3.64. The van der Waals surface area contributed by atoms with Crippen LogP contribution < -0.4 is 11.3 Å². The van der Waals surface area contributed by atoms with Gasteiger partial charge in [-0.25, -0.2) is 5.84 Å². The van der Waals surface area contributed by atoms with Gasteiger partial charge in [0.1, 0.15) is 5.69 Å². The van der Waals surface area contributed by atoms with Crippen molar-refractivity contribution in [3.05, 3.63) is 36.2 Å². The number of ether oxygens (including phenoxy) is 1. The lowest BCUT2D eigenvalue weighted by Crippen LogP contribution is -2.32. The zero-order valence-electron chi connectivity index (χ0n) is 9.40. The largest absolute Gasteiger partial charge is 0.384 e. The number of nitrogens with zero attached hydrogens (tertiary/aromatic N) is 1. The number of carbonyl (C=O) groups excluding carboxylic acids is 1. The van der Waals surface area contributed by atoms with E-state index in [-0.39, 0.29) is 5.91 Å². The number of amides is 1. The van der Waals surface area contributed by atoms with Gasteiger partial charge in [-0.2, -0.15) is 0 Å². The van der Waals surface area contributed by atoms with Gasteiger partial charge in [-0.15, -0.1) is 6.58 Å². The molecule has 0 aromatic carbocycles. The Morgan fingerprint density at radius 3 is 3.00 bits per heavy atom. The highest BCUT2D eigenvalue weighted by molar-refractivity contribution is 5.92. The van der Waals surface area contributed by atoms with Crippen molar-refractivity contribution >= 4 is 5.91 Å². The topological polar surface area (TPSA) is 69.3 Å². The number of aromatic nitrogens is 1. The standard InChI is InChI=1S/C11H17N3O2/c1-3-7-14-9(6-8-16-2)4-5-10(14)11(15)13-12/h3-5H,1,6-8,12H2,2H3,(H,13,15). The van der Waals surface area contributed by atoms with Crippen LogP contribution in [0.15, 0.2) is 24.8 Å². The number of carbonyl (C=O) groups is 1. The maximum Gasteiger partial charge on any atom is 0.281 e. The molecule has 1 aromatic rings. The number of nitrogens with two attached hydrogens (primary N) is 1. The molecule has 0 aliphatic heterocycles. The number of hydrazine groups is 1. The van der Waals surface area contributed by atoms with Crippen molar-refractivity contribution < 1.29 is 9.53 Å². The van der Waals surface area contributed by atoms with E-state index in [1.807, 2.05) is 10.6 Å². The highest BCUT2D eigenvalue weighted by Crippen LogP contribution is 2.10. The molecule has 3 N–H and O–H groups in total. The summed E-state index contributed by atoms with van der Waals surface area (Å²) < 4.78 is 6.88. The molecule has 0 aliphatic carbocycles. The lowest BCUT2D eigenvalue weighted by atomic mass is 10.3. The van der Waals surface area contributed by atoms with E-state index < -0.39 is 0 Å². The van der Waals surface area contributed by atoms with Crippen molar-refractivity contribution in [3.8, 4) is 0 Å². The van der Waals surface area contributed by atoms with Crippen LogP contribution in [0.4, 0.5) is 0 Å². The Labute approximate surface area is 94.9 Å². The second-order valence-electron chi connectivity index (χ2n) is 3.33. The van der Waals surface area contributed by atoms with Crippen LogP contribution in [0.1, 0.15) is 16.2 Å². The molecule has 0 aliphatic rings. The number of nitrogens with one attached hydrogen (secondary N) is 1. The van der Waals surface area contributed by atoms with Crippen molar-refractivity contribution in [2.24, 2.45) is 5.84 Å². The van der Waals surface area contributed by atoms with E-state index in [2.05, 4.69) is 12.0 Å². The van der Waals surface area contributed by atoms with E-state index in [1.165, 1.54) is 0 Å².